The topological polar surface area (TPSA) is 26.0 Å². The molecule has 1 fully saturated rings. The Morgan fingerprint density at radius 2 is 1.84 bits per heavy atom. The van der Waals surface area contributed by atoms with Crippen molar-refractivity contribution in [3.05, 3.63) is 35.4 Å². The first-order valence-corrected chi connectivity index (χ1v) is 8.80. The van der Waals surface area contributed by atoms with E-state index in [4.69, 9.17) is 5.73 Å². The van der Waals surface area contributed by atoms with Crippen LogP contribution >= 0.6 is 11.8 Å². The third-order valence-electron chi connectivity index (χ3n) is 4.01. The number of rotatable bonds is 6. The molecule has 1 saturated carbocycles. The molecular formula is C17H27NS. The lowest BCUT2D eigenvalue weighted by atomic mass is 10.0. The molecule has 19 heavy (non-hydrogen) atoms. The van der Waals surface area contributed by atoms with E-state index in [1.807, 2.05) is 0 Å². The number of hydrogen-bond donors (Lipinski definition) is 1. The Kier molecular flexibility index (Phi) is 6.25. The lowest BCUT2D eigenvalue weighted by Gasteiger charge is -2.22. The predicted molar refractivity (Wildman–Crippen MR) is 86.7 cm³/mol. The molecule has 1 unspecified atom stereocenters. The minimum atomic E-state index is 0.197. The molecule has 1 aromatic rings. The third-order valence-corrected chi connectivity index (χ3v) is 5.50. The molecule has 1 atom stereocenters. The summed E-state index contributed by atoms with van der Waals surface area (Å²) in [6, 6.07) is 9.12. The molecule has 0 bridgehead atoms. The summed E-state index contributed by atoms with van der Waals surface area (Å²) in [4.78, 5) is 0. The van der Waals surface area contributed by atoms with E-state index in [0.29, 0.717) is 0 Å². The Balaban J connectivity index is 1.79. The minimum Gasteiger partial charge on any atom is -0.323 e. The second kappa shape index (κ2) is 7.96. The molecule has 0 aromatic heterocycles. The zero-order chi connectivity index (χ0) is 13.5. The zero-order valence-electron chi connectivity index (χ0n) is 12.1. The van der Waals surface area contributed by atoms with E-state index in [1.54, 1.807) is 0 Å². The van der Waals surface area contributed by atoms with Crippen molar-refractivity contribution in [1.82, 2.24) is 0 Å². The second-order valence-electron chi connectivity index (χ2n) is 5.69. The van der Waals surface area contributed by atoms with Gasteiger partial charge >= 0.3 is 0 Å². The number of hydrogen-bond acceptors (Lipinski definition) is 2. The molecule has 0 amide bonds. The maximum absolute atomic E-state index is 6.32. The number of thioether (sulfide) groups is 1. The van der Waals surface area contributed by atoms with Crippen LogP contribution < -0.4 is 5.73 Å². The average Bonchev–Trinajstić information content (AvgIpc) is 2.47. The largest absolute Gasteiger partial charge is 0.323 e. The van der Waals surface area contributed by atoms with Crippen molar-refractivity contribution < 1.29 is 0 Å². The van der Waals surface area contributed by atoms with E-state index in [2.05, 4.69) is 43.0 Å². The molecule has 1 aliphatic carbocycles. The summed E-state index contributed by atoms with van der Waals surface area (Å²) in [5.74, 6) is 1.07. The van der Waals surface area contributed by atoms with E-state index < -0.39 is 0 Å². The van der Waals surface area contributed by atoms with Gasteiger partial charge in [-0.3, -0.25) is 0 Å². The quantitative estimate of drug-likeness (QED) is 0.815. The van der Waals surface area contributed by atoms with Gasteiger partial charge in [-0.05, 0) is 30.4 Å². The fourth-order valence-corrected chi connectivity index (χ4v) is 4.13. The Hall–Kier alpha value is -0.470. The molecule has 106 valence electrons. The summed E-state index contributed by atoms with van der Waals surface area (Å²) in [6.45, 7) is 2.22. The summed E-state index contributed by atoms with van der Waals surface area (Å²) in [6.07, 6.45) is 9.44. The molecule has 1 aliphatic rings. The van der Waals surface area contributed by atoms with Crippen molar-refractivity contribution in [2.75, 3.05) is 5.75 Å². The molecule has 0 saturated heterocycles. The van der Waals surface area contributed by atoms with Gasteiger partial charge < -0.3 is 5.73 Å². The van der Waals surface area contributed by atoms with Crippen LogP contribution in [0.3, 0.4) is 0 Å². The summed E-state index contributed by atoms with van der Waals surface area (Å²) in [7, 11) is 0. The van der Waals surface area contributed by atoms with Crippen LogP contribution in [0.25, 0.3) is 0 Å². The summed E-state index contributed by atoms with van der Waals surface area (Å²) >= 11 is 2.09. The predicted octanol–water partition coefficient (Wildman–Crippen LogP) is 4.70. The molecular weight excluding hydrogens is 250 g/mol. The van der Waals surface area contributed by atoms with Gasteiger partial charge in [0.05, 0.1) is 0 Å². The van der Waals surface area contributed by atoms with Crippen LogP contribution in [0.5, 0.6) is 0 Å². The van der Waals surface area contributed by atoms with E-state index in [-0.39, 0.29) is 6.04 Å². The van der Waals surface area contributed by atoms with Gasteiger partial charge in [-0.1, -0.05) is 56.9 Å². The Morgan fingerprint density at radius 1 is 1.16 bits per heavy atom. The molecule has 2 rings (SSSR count). The number of nitrogens with two attached hydrogens (primary N) is 1. The third kappa shape index (κ3) is 4.85. The van der Waals surface area contributed by atoms with Crippen LogP contribution in [0.1, 0.15) is 62.6 Å². The monoisotopic (exact) mass is 277 g/mol. The van der Waals surface area contributed by atoms with Crippen molar-refractivity contribution in [2.45, 2.75) is 63.2 Å². The highest BCUT2D eigenvalue weighted by atomic mass is 32.2. The van der Waals surface area contributed by atoms with Crippen LogP contribution in [-0.4, -0.2) is 11.0 Å². The highest BCUT2D eigenvalue weighted by Gasteiger charge is 2.15. The highest BCUT2D eigenvalue weighted by molar-refractivity contribution is 7.99. The van der Waals surface area contributed by atoms with Crippen LogP contribution in [0.2, 0.25) is 0 Å². The SMILES string of the molecule is CCCc1ccc(C(N)CSC2CCCCC2)cc1. The number of benzene rings is 1. The Bertz CT molecular complexity index is 354. The molecule has 2 heteroatoms. The van der Waals surface area contributed by atoms with E-state index in [9.17, 15) is 0 Å². The van der Waals surface area contributed by atoms with Gasteiger partial charge in [0.2, 0.25) is 0 Å². The van der Waals surface area contributed by atoms with Crippen molar-refractivity contribution in [3.8, 4) is 0 Å². The van der Waals surface area contributed by atoms with Crippen molar-refractivity contribution in [3.63, 3.8) is 0 Å². The van der Waals surface area contributed by atoms with E-state index >= 15 is 0 Å². The zero-order valence-corrected chi connectivity index (χ0v) is 12.9. The first-order chi connectivity index (χ1) is 9.29. The second-order valence-corrected chi connectivity index (χ2v) is 7.02. The lowest BCUT2D eigenvalue weighted by Crippen LogP contribution is -2.17. The van der Waals surface area contributed by atoms with Gasteiger partial charge in [0.15, 0.2) is 0 Å². The van der Waals surface area contributed by atoms with Crippen LogP contribution in [-0.2, 0) is 6.42 Å². The molecule has 2 N–H and O–H groups in total. The fraction of sp³-hybridized carbons (Fsp3) is 0.647. The van der Waals surface area contributed by atoms with Crippen molar-refractivity contribution in [1.29, 1.82) is 0 Å². The lowest BCUT2D eigenvalue weighted by molar-refractivity contribution is 0.515. The molecule has 0 aliphatic heterocycles. The van der Waals surface area contributed by atoms with Gasteiger partial charge in [0, 0.05) is 17.0 Å². The Labute approximate surface area is 122 Å². The maximum atomic E-state index is 6.32. The Morgan fingerprint density at radius 3 is 2.47 bits per heavy atom. The molecule has 0 radical (unpaired) electrons. The maximum Gasteiger partial charge on any atom is 0.0386 e. The van der Waals surface area contributed by atoms with Gasteiger partial charge in [0.1, 0.15) is 0 Å². The normalized spacial score (nSPS) is 18.4. The summed E-state index contributed by atoms with van der Waals surface area (Å²) in [5, 5.41) is 0.860. The molecule has 0 spiro atoms. The standard InChI is InChI=1S/C17H27NS/c1-2-6-14-9-11-15(12-10-14)17(18)13-19-16-7-4-3-5-8-16/h9-12,16-17H,2-8,13,18H2,1H3. The van der Waals surface area contributed by atoms with Crippen LogP contribution in [0.15, 0.2) is 24.3 Å². The van der Waals surface area contributed by atoms with Gasteiger partial charge in [-0.15, -0.1) is 0 Å². The van der Waals surface area contributed by atoms with Gasteiger partial charge in [-0.2, -0.15) is 11.8 Å². The molecule has 0 heterocycles. The summed E-state index contributed by atoms with van der Waals surface area (Å²) < 4.78 is 0. The molecule has 1 nitrogen and oxygen atoms in total. The molecule has 1 aromatic carbocycles. The highest BCUT2D eigenvalue weighted by Crippen LogP contribution is 2.30. The first kappa shape index (κ1) is 14.9. The van der Waals surface area contributed by atoms with Crippen molar-refractivity contribution in [2.24, 2.45) is 5.73 Å². The number of aryl methyl sites for hydroxylation is 1. The van der Waals surface area contributed by atoms with E-state index in [0.717, 1.165) is 11.0 Å². The van der Waals surface area contributed by atoms with E-state index in [1.165, 1.54) is 56.1 Å². The van der Waals surface area contributed by atoms with Gasteiger partial charge in [0.25, 0.3) is 0 Å². The van der Waals surface area contributed by atoms with Crippen LogP contribution in [0, 0.1) is 0 Å². The average molecular weight is 277 g/mol. The fourth-order valence-electron chi connectivity index (χ4n) is 2.79. The minimum absolute atomic E-state index is 0.197. The smallest absolute Gasteiger partial charge is 0.0386 e. The van der Waals surface area contributed by atoms with Crippen LogP contribution in [0.4, 0.5) is 0 Å². The van der Waals surface area contributed by atoms with Crippen molar-refractivity contribution >= 4 is 11.8 Å². The first-order valence-electron chi connectivity index (χ1n) is 7.75. The summed E-state index contributed by atoms with van der Waals surface area (Å²) in [5.41, 5.74) is 9.04. The van der Waals surface area contributed by atoms with Gasteiger partial charge in [-0.25, -0.2) is 0 Å².